The lowest BCUT2D eigenvalue weighted by Gasteiger charge is -2.33. The molecule has 5 nitrogen and oxygen atoms in total. The van der Waals surface area contributed by atoms with Crippen LogP contribution in [0.15, 0.2) is 42.5 Å². The Balaban J connectivity index is 2.23. The van der Waals surface area contributed by atoms with Crippen LogP contribution >= 0.6 is 0 Å². The molecule has 168 valence electrons. The minimum atomic E-state index is -0.667. The molecule has 0 radical (unpaired) electrons. The molecule has 2 rings (SSSR count). The molecular weight excluding hydrogens is 395 g/mol. The third kappa shape index (κ3) is 7.39. The molecule has 2 amide bonds. The summed E-state index contributed by atoms with van der Waals surface area (Å²) in [6.45, 7) is 11.5. The van der Waals surface area contributed by atoms with Crippen LogP contribution in [0.5, 0.6) is 5.75 Å². The van der Waals surface area contributed by atoms with Crippen LogP contribution in [0.1, 0.15) is 50.8 Å². The molecule has 0 unspecified atom stereocenters. The summed E-state index contributed by atoms with van der Waals surface area (Å²) in [5.74, 6) is -0.280. The first-order valence-corrected chi connectivity index (χ1v) is 10.6. The number of ether oxygens (including phenoxy) is 1. The Morgan fingerprint density at radius 2 is 1.71 bits per heavy atom. The van der Waals surface area contributed by atoms with Gasteiger partial charge in [-0.15, -0.1) is 0 Å². The standard InChI is InChI=1S/C25H33FN2O3/c1-7-22(24(30)27-25(4,5)6)28(15-19-9-11-20(26)12-10-19)23(29)16-31-21-13-8-17(2)18(3)14-21/h8-14,22H,7,15-16H2,1-6H3,(H,27,30)/t22-/m0/s1. The van der Waals surface area contributed by atoms with Crippen molar-refractivity contribution in [1.29, 1.82) is 0 Å². The Morgan fingerprint density at radius 1 is 1.06 bits per heavy atom. The predicted molar refractivity (Wildman–Crippen MR) is 120 cm³/mol. The van der Waals surface area contributed by atoms with Crippen molar-refractivity contribution in [2.75, 3.05) is 6.61 Å². The van der Waals surface area contributed by atoms with Crippen molar-refractivity contribution in [3.63, 3.8) is 0 Å². The molecule has 2 aromatic carbocycles. The van der Waals surface area contributed by atoms with E-state index in [-0.39, 0.29) is 30.8 Å². The van der Waals surface area contributed by atoms with E-state index < -0.39 is 11.6 Å². The Bertz CT molecular complexity index is 904. The van der Waals surface area contributed by atoms with E-state index in [1.165, 1.54) is 17.0 Å². The largest absolute Gasteiger partial charge is 0.484 e. The number of carbonyl (C=O) groups excluding carboxylic acids is 2. The maximum Gasteiger partial charge on any atom is 0.261 e. The van der Waals surface area contributed by atoms with Crippen molar-refractivity contribution in [1.82, 2.24) is 10.2 Å². The van der Waals surface area contributed by atoms with E-state index in [1.807, 2.05) is 59.7 Å². The Labute approximate surface area is 184 Å². The molecule has 1 N–H and O–H groups in total. The van der Waals surface area contributed by atoms with Gasteiger partial charge < -0.3 is 15.0 Å². The van der Waals surface area contributed by atoms with E-state index in [1.54, 1.807) is 12.1 Å². The lowest BCUT2D eigenvalue weighted by atomic mass is 10.1. The third-order valence-electron chi connectivity index (χ3n) is 4.99. The molecular formula is C25H33FN2O3. The number of carbonyl (C=O) groups is 2. The third-order valence-corrected chi connectivity index (χ3v) is 4.99. The van der Waals surface area contributed by atoms with Gasteiger partial charge in [-0.05, 0) is 82.0 Å². The molecule has 0 fully saturated rings. The zero-order valence-electron chi connectivity index (χ0n) is 19.3. The first-order chi connectivity index (χ1) is 14.5. The summed E-state index contributed by atoms with van der Waals surface area (Å²) < 4.78 is 19.1. The van der Waals surface area contributed by atoms with E-state index in [4.69, 9.17) is 4.74 Å². The number of nitrogens with zero attached hydrogens (tertiary/aromatic N) is 1. The van der Waals surface area contributed by atoms with Gasteiger partial charge in [0.2, 0.25) is 5.91 Å². The summed E-state index contributed by atoms with van der Waals surface area (Å²) in [4.78, 5) is 27.6. The second kappa shape index (κ2) is 10.4. The molecule has 0 bridgehead atoms. The fraction of sp³-hybridized carbons (Fsp3) is 0.440. The average Bonchev–Trinajstić information content (AvgIpc) is 2.68. The zero-order valence-corrected chi connectivity index (χ0v) is 19.3. The minimum Gasteiger partial charge on any atom is -0.484 e. The van der Waals surface area contributed by atoms with Crippen LogP contribution in [0.25, 0.3) is 0 Å². The second-order valence-electron chi connectivity index (χ2n) is 8.85. The highest BCUT2D eigenvalue weighted by Gasteiger charge is 2.30. The van der Waals surface area contributed by atoms with Crippen LogP contribution in [0, 0.1) is 19.7 Å². The summed E-state index contributed by atoms with van der Waals surface area (Å²) in [6.07, 6.45) is 0.443. The number of hydrogen-bond acceptors (Lipinski definition) is 3. The number of hydrogen-bond donors (Lipinski definition) is 1. The maximum atomic E-state index is 13.3. The van der Waals surface area contributed by atoms with E-state index in [9.17, 15) is 14.0 Å². The van der Waals surface area contributed by atoms with Gasteiger partial charge >= 0.3 is 0 Å². The van der Waals surface area contributed by atoms with Gasteiger partial charge in [0, 0.05) is 12.1 Å². The number of benzene rings is 2. The molecule has 0 spiro atoms. The van der Waals surface area contributed by atoms with Crippen LogP contribution in [-0.4, -0.2) is 34.9 Å². The van der Waals surface area contributed by atoms with Gasteiger partial charge in [-0.25, -0.2) is 4.39 Å². The van der Waals surface area contributed by atoms with Crippen LogP contribution < -0.4 is 10.1 Å². The molecule has 0 saturated heterocycles. The molecule has 1 atom stereocenters. The van der Waals surface area contributed by atoms with Gasteiger partial charge in [0.25, 0.3) is 5.91 Å². The van der Waals surface area contributed by atoms with Crippen molar-refractivity contribution in [3.05, 3.63) is 65.0 Å². The molecule has 0 aliphatic rings. The summed E-state index contributed by atoms with van der Waals surface area (Å²) in [6, 6.07) is 10.9. The van der Waals surface area contributed by atoms with E-state index in [2.05, 4.69) is 5.32 Å². The van der Waals surface area contributed by atoms with Gasteiger partial charge in [-0.2, -0.15) is 0 Å². The lowest BCUT2D eigenvalue weighted by Crippen LogP contribution is -2.54. The lowest BCUT2D eigenvalue weighted by molar-refractivity contribution is -0.143. The Hall–Kier alpha value is -2.89. The SMILES string of the molecule is CC[C@@H](C(=O)NC(C)(C)C)N(Cc1ccc(F)cc1)C(=O)COc1ccc(C)c(C)c1. The van der Waals surface area contributed by atoms with E-state index in [0.29, 0.717) is 12.2 Å². The number of aryl methyl sites for hydroxylation is 2. The molecule has 31 heavy (non-hydrogen) atoms. The van der Waals surface area contributed by atoms with Crippen LogP contribution in [0.2, 0.25) is 0 Å². The normalized spacial score (nSPS) is 12.2. The van der Waals surface area contributed by atoms with Gasteiger partial charge in [0.15, 0.2) is 6.61 Å². The first kappa shape index (κ1) is 24.4. The average molecular weight is 429 g/mol. The number of nitrogens with one attached hydrogen (secondary N) is 1. The second-order valence-corrected chi connectivity index (χ2v) is 8.85. The predicted octanol–water partition coefficient (Wildman–Crippen LogP) is 4.54. The number of amides is 2. The quantitative estimate of drug-likeness (QED) is 0.671. The molecule has 0 aliphatic carbocycles. The van der Waals surface area contributed by atoms with Gasteiger partial charge in [0.1, 0.15) is 17.6 Å². The maximum absolute atomic E-state index is 13.3. The Morgan fingerprint density at radius 3 is 2.26 bits per heavy atom. The van der Waals surface area contributed by atoms with Crippen molar-refractivity contribution in [2.24, 2.45) is 0 Å². The zero-order chi connectivity index (χ0) is 23.2. The molecule has 0 heterocycles. The minimum absolute atomic E-state index is 0.186. The first-order valence-electron chi connectivity index (χ1n) is 10.6. The smallest absolute Gasteiger partial charge is 0.261 e. The Kier molecular flexibility index (Phi) is 8.20. The highest BCUT2D eigenvalue weighted by molar-refractivity contribution is 5.88. The fourth-order valence-corrected chi connectivity index (χ4v) is 3.19. The fourth-order valence-electron chi connectivity index (χ4n) is 3.19. The van der Waals surface area contributed by atoms with Gasteiger partial charge in [-0.3, -0.25) is 9.59 Å². The molecule has 2 aromatic rings. The molecule has 0 aromatic heterocycles. The monoisotopic (exact) mass is 428 g/mol. The summed E-state index contributed by atoms with van der Waals surface area (Å²) in [5.41, 5.74) is 2.53. The van der Waals surface area contributed by atoms with Crippen molar-refractivity contribution in [2.45, 2.75) is 66.1 Å². The van der Waals surface area contributed by atoms with Crippen molar-refractivity contribution < 1.29 is 18.7 Å². The van der Waals surface area contributed by atoms with Crippen LogP contribution in [0.4, 0.5) is 4.39 Å². The highest BCUT2D eigenvalue weighted by Crippen LogP contribution is 2.18. The van der Waals surface area contributed by atoms with E-state index >= 15 is 0 Å². The van der Waals surface area contributed by atoms with Gasteiger partial charge in [0.05, 0.1) is 0 Å². The van der Waals surface area contributed by atoms with Crippen LogP contribution in [0.3, 0.4) is 0 Å². The van der Waals surface area contributed by atoms with Crippen molar-refractivity contribution >= 4 is 11.8 Å². The van der Waals surface area contributed by atoms with Gasteiger partial charge in [-0.1, -0.05) is 25.1 Å². The molecule has 0 aliphatic heterocycles. The highest BCUT2D eigenvalue weighted by atomic mass is 19.1. The molecule has 0 saturated carbocycles. The van der Waals surface area contributed by atoms with Crippen LogP contribution in [-0.2, 0) is 16.1 Å². The number of halogens is 1. The number of rotatable bonds is 8. The topological polar surface area (TPSA) is 58.6 Å². The summed E-state index contributed by atoms with van der Waals surface area (Å²) in [5, 5.41) is 2.95. The summed E-state index contributed by atoms with van der Waals surface area (Å²) >= 11 is 0. The summed E-state index contributed by atoms with van der Waals surface area (Å²) in [7, 11) is 0. The molecule has 6 heteroatoms. The van der Waals surface area contributed by atoms with E-state index in [0.717, 1.165) is 16.7 Å². The van der Waals surface area contributed by atoms with Crippen molar-refractivity contribution in [3.8, 4) is 5.75 Å².